The number of carbonyl (C=O) groups is 1. The third-order valence-corrected chi connectivity index (χ3v) is 3.17. The lowest BCUT2D eigenvalue weighted by atomic mass is 10.1. The van der Waals surface area contributed by atoms with Crippen LogP contribution >= 0.6 is 0 Å². The molecule has 1 N–H and O–H groups in total. The molecule has 0 bridgehead atoms. The van der Waals surface area contributed by atoms with Gasteiger partial charge in [-0.15, -0.1) is 0 Å². The summed E-state index contributed by atoms with van der Waals surface area (Å²) in [5.74, 6) is -0.0598. The number of nitrogens with one attached hydrogen (secondary N) is 1. The number of unbranched alkanes of at least 4 members (excludes halogenated alkanes) is 6. The normalized spacial score (nSPS) is 10.8. The lowest BCUT2D eigenvalue weighted by Gasteiger charge is -2.00. The van der Waals surface area contributed by atoms with Gasteiger partial charge in [-0.3, -0.25) is 4.79 Å². The molecule has 1 rings (SSSR count). The fourth-order valence-corrected chi connectivity index (χ4v) is 2.02. The van der Waals surface area contributed by atoms with Crippen LogP contribution in [0.2, 0.25) is 0 Å². The first kappa shape index (κ1) is 16.4. The van der Waals surface area contributed by atoms with E-state index in [2.05, 4.69) is 17.5 Å². The van der Waals surface area contributed by atoms with Gasteiger partial charge in [-0.1, -0.05) is 69.4 Å². The zero-order valence-corrected chi connectivity index (χ0v) is 12.5. The summed E-state index contributed by atoms with van der Waals surface area (Å²) in [7, 11) is 0. The number of hydrazone groups is 1. The molecule has 3 nitrogen and oxygen atoms in total. The molecule has 0 spiro atoms. The second kappa shape index (κ2) is 11.2. The Bertz CT molecular complexity index is 387. The van der Waals surface area contributed by atoms with E-state index in [1.54, 1.807) is 0 Å². The molecule has 0 radical (unpaired) electrons. The van der Waals surface area contributed by atoms with Crippen molar-refractivity contribution in [2.45, 2.75) is 58.3 Å². The smallest absolute Gasteiger partial charge is 0.244 e. The third-order valence-electron chi connectivity index (χ3n) is 3.17. The van der Waals surface area contributed by atoms with Crippen LogP contribution in [-0.4, -0.2) is 12.1 Å². The maximum absolute atomic E-state index is 11.6. The molecule has 1 amide bonds. The molecule has 0 saturated carbocycles. The lowest BCUT2D eigenvalue weighted by molar-refractivity contribution is -0.120. The molecular weight excluding hydrogens is 248 g/mol. The summed E-state index contributed by atoms with van der Waals surface area (Å²) in [6, 6.07) is 9.70. The predicted octanol–water partition coefficient (Wildman–Crippen LogP) is 4.08. The van der Waals surface area contributed by atoms with Crippen molar-refractivity contribution in [1.29, 1.82) is 0 Å². The van der Waals surface area contributed by atoms with Crippen LogP contribution < -0.4 is 5.43 Å². The van der Waals surface area contributed by atoms with Gasteiger partial charge in [-0.05, 0) is 18.4 Å². The average molecular weight is 274 g/mol. The molecule has 0 unspecified atom stereocenters. The van der Waals surface area contributed by atoms with Gasteiger partial charge in [0.15, 0.2) is 0 Å². The van der Waals surface area contributed by atoms with Gasteiger partial charge >= 0.3 is 0 Å². The first-order chi connectivity index (χ1) is 9.83. The summed E-state index contributed by atoms with van der Waals surface area (Å²) < 4.78 is 0. The van der Waals surface area contributed by atoms with Gasteiger partial charge in [0.1, 0.15) is 0 Å². The quantitative estimate of drug-likeness (QED) is 0.390. The highest BCUT2D eigenvalue weighted by Crippen LogP contribution is 2.05. The van der Waals surface area contributed by atoms with E-state index in [4.69, 9.17) is 0 Å². The largest absolute Gasteiger partial charge is 0.273 e. The second-order valence-corrected chi connectivity index (χ2v) is 5.07. The van der Waals surface area contributed by atoms with Crippen molar-refractivity contribution in [2.75, 3.05) is 0 Å². The number of hydrogen-bond donors (Lipinski definition) is 1. The summed E-state index contributed by atoms with van der Waals surface area (Å²) >= 11 is 0. The minimum Gasteiger partial charge on any atom is -0.273 e. The molecule has 110 valence electrons. The molecule has 0 fully saturated rings. The predicted molar refractivity (Wildman–Crippen MR) is 84.8 cm³/mol. The van der Waals surface area contributed by atoms with Gasteiger partial charge in [0.25, 0.3) is 0 Å². The maximum Gasteiger partial charge on any atom is 0.244 e. The van der Waals surface area contributed by atoms with E-state index in [-0.39, 0.29) is 5.91 Å². The van der Waals surface area contributed by atoms with Crippen LogP contribution in [0.5, 0.6) is 0 Å². The fraction of sp³-hybridized carbons (Fsp3) is 0.529. The van der Waals surface area contributed by atoms with Crippen LogP contribution in [0, 0.1) is 0 Å². The van der Waals surface area contributed by atoms with Crippen molar-refractivity contribution in [3.05, 3.63) is 35.9 Å². The highest BCUT2D eigenvalue weighted by Gasteiger charge is 2.00. The maximum atomic E-state index is 11.6. The standard InChI is InChI=1S/C17H26N2O/c1-2-3-4-5-6-7-11-14-18-19-17(20)15-16-12-9-8-10-13-16/h8-10,12-14H,2-7,11,15H2,1H3,(H,19,20)/b18-14-. The minimum atomic E-state index is -0.0598. The van der Waals surface area contributed by atoms with Gasteiger partial charge in [0.2, 0.25) is 5.91 Å². The molecule has 0 aromatic heterocycles. The highest BCUT2D eigenvalue weighted by molar-refractivity contribution is 5.79. The Hall–Kier alpha value is -1.64. The van der Waals surface area contributed by atoms with Crippen molar-refractivity contribution in [1.82, 2.24) is 5.43 Å². The molecule has 1 aromatic rings. The van der Waals surface area contributed by atoms with Gasteiger partial charge in [-0.25, -0.2) is 5.43 Å². The van der Waals surface area contributed by atoms with Gasteiger partial charge in [-0.2, -0.15) is 5.10 Å². The van der Waals surface area contributed by atoms with E-state index < -0.39 is 0 Å². The molecule has 0 aliphatic carbocycles. The van der Waals surface area contributed by atoms with Crippen LogP contribution in [0.1, 0.15) is 57.4 Å². The van der Waals surface area contributed by atoms with Crippen molar-refractivity contribution in [3.8, 4) is 0 Å². The van der Waals surface area contributed by atoms with Gasteiger partial charge in [0, 0.05) is 6.21 Å². The fourth-order valence-electron chi connectivity index (χ4n) is 2.02. The molecule has 0 saturated heterocycles. The van der Waals surface area contributed by atoms with Crippen LogP contribution in [0.4, 0.5) is 0 Å². The molecule has 20 heavy (non-hydrogen) atoms. The van der Waals surface area contributed by atoms with Crippen molar-refractivity contribution >= 4 is 12.1 Å². The van der Waals surface area contributed by atoms with Crippen LogP contribution in [-0.2, 0) is 11.2 Å². The zero-order chi connectivity index (χ0) is 14.5. The van der Waals surface area contributed by atoms with E-state index >= 15 is 0 Å². The molecule has 3 heteroatoms. The molecule has 0 atom stereocenters. The van der Waals surface area contributed by atoms with Crippen LogP contribution in [0.3, 0.4) is 0 Å². The summed E-state index contributed by atoms with van der Waals surface area (Å²) in [5.41, 5.74) is 3.58. The van der Waals surface area contributed by atoms with E-state index in [0.29, 0.717) is 6.42 Å². The number of hydrogen-bond acceptors (Lipinski definition) is 2. The number of rotatable bonds is 10. The van der Waals surface area contributed by atoms with E-state index in [9.17, 15) is 4.79 Å². The monoisotopic (exact) mass is 274 g/mol. The Kier molecular flexibility index (Phi) is 9.20. The summed E-state index contributed by atoms with van der Waals surface area (Å²) in [6.45, 7) is 2.23. The molecule has 0 aliphatic rings. The summed E-state index contributed by atoms with van der Waals surface area (Å²) in [4.78, 5) is 11.6. The summed E-state index contributed by atoms with van der Waals surface area (Å²) in [6.07, 6.45) is 10.8. The van der Waals surface area contributed by atoms with Crippen molar-refractivity contribution < 1.29 is 4.79 Å². The third kappa shape index (κ3) is 8.46. The van der Waals surface area contributed by atoms with E-state index in [0.717, 1.165) is 18.4 Å². The van der Waals surface area contributed by atoms with Crippen molar-refractivity contribution in [3.63, 3.8) is 0 Å². The first-order valence-electron chi connectivity index (χ1n) is 7.67. The second-order valence-electron chi connectivity index (χ2n) is 5.07. The number of nitrogens with zero attached hydrogens (tertiary/aromatic N) is 1. The highest BCUT2D eigenvalue weighted by atomic mass is 16.2. The molecule has 1 aromatic carbocycles. The SMILES string of the molecule is CCCCCCCC/C=N\NC(=O)Cc1ccccc1. The first-order valence-corrected chi connectivity index (χ1v) is 7.67. The average Bonchev–Trinajstić information content (AvgIpc) is 2.46. The van der Waals surface area contributed by atoms with Crippen molar-refractivity contribution in [2.24, 2.45) is 5.10 Å². The minimum absolute atomic E-state index is 0.0598. The number of benzene rings is 1. The number of carbonyl (C=O) groups excluding carboxylic acids is 1. The van der Waals surface area contributed by atoms with E-state index in [1.807, 2.05) is 36.5 Å². The molecule has 0 heterocycles. The summed E-state index contributed by atoms with van der Waals surface area (Å²) in [5, 5.41) is 3.98. The van der Waals surface area contributed by atoms with Gasteiger partial charge in [0.05, 0.1) is 6.42 Å². The zero-order valence-electron chi connectivity index (χ0n) is 12.5. The Labute approximate surface area is 122 Å². The van der Waals surface area contributed by atoms with Gasteiger partial charge < -0.3 is 0 Å². The van der Waals surface area contributed by atoms with Crippen LogP contribution in [0.25, 0.3) is 0 Å². The number of amides is 1. The Morgan fingerprint density at radius 3 is 2.55 bits per heavy atom. The van der Waals surface area contributed by atoms with E-state index in [1.165, 1.54) is 32.1 Å². The Morgan fingerprint density at radius 2 is 1.80 bits per heavy atom. The molecular formula is C17H26N2O. The lowest BCUT2D eigenvalue weighted by Crippen LogP contribution is -2.19. The molecule has 0 aliphatic heterocycles. The Balaban J connectivity index is 2.02. The Morgan fingerprint density at radius 1 is 1.10 bits per heavy atom. The van der Waals surface area contributed by atoms with Crippen LogP contribution in [0.15, 0.2) is 35.4 Å². The topological polar surface area (TPSA) is 41.5 Å².